The first-order valence-corrected chi connectivity index (χ1v) is 6.19. The molecule has 1 heterocycles. The number of aromatic nitrogens is 2. The lowest BCUT2D eigenvalue weighted by molar-refractivity contribution is 0.0696. The van der Waals surface area contributed by atoms with Crippen LogP contribution in [0.4, 0.5) is 0 Å². The molecule has 0 unspecified atom stereocenters. The summed E-state index contributed by atoms with van der Waals surface area (Å²) < 4.78 is 0. The highest BCUT2D eigenvalue weighted by Crippen LogP contribution is 2.26. The van der Waals surface area contributed by atoms with Crippen LogP contribution in [0.5, 0.6) is 0 Å². The van der Waals surface area contributed by atoms with Crippen molar-refractivity contribution < 1.29 is 9.90 Å². The molecule has 0 saturated carbocycles. The summed E-state index contributed by atoms with van der Waals surface area (Å²) in [6.45, 7) is 3.81. The Morgan fingerprint density at radius 1 is 1.28 bits per heavy atom. The summed E-state index contributed by atoms with van der Waals surface area (Å²) >= 11 is 1.41. The standard InChI is InChI=1S/C13H12N2O2S/c1-8-9(2)15-12(7-14-8)18-11-5-3-4-10(6-11)13(16)17/h3-7H,1-2H3,(H,16,17). The lowest BCUT2D eigenvalue weighted by atomic mass is 10.2. The highest BCUT2D eigenvalue weighted by Gasteiger charge is 2.06. The summed E-state index contributed by atoms with van der Waals surface area (Å²) in [7, 11) is 0. The predicted octanol–water partition coefficient (Wildman–Crippen LogP) is 2.94. The number of carboxylic acid groups (broad SMARTS) is 1. The van der Waals surface area contributed by atoms with Crippen molar-refractivity contribution >= 4 is 17.7 Å². The van der Waals surface area contributed by atoms with E-state index in [1.165, 1.54) is 11.8 Å². The Bertz CT molecular complexity index is 599. The van der Waals surface area contributed by atoms with Crippen LogP contribution in [-0.2, 0) is 0 Å². The fourth-order valence-electron chi connectivity index (χ4n) is 1.38. The lowest BCUT2D eigenvalue weighted by Crippen LogP contribution is -1.96. The monoisotopic (exact) mass is 260 g/mol. The van der Waals surface area contributed by atoms with Gasteiger partial charge in [-0.05, 0) is 32.0 Å². The zero-order valence-electron chi connectivity index (χ0n) is 10.0. The second-order valence-corrected chi connectivity index (χ2v) is 4.91. The Labute approximate surface area is 109 Å². The molecule has 2 aromatic rings. The molecule has 4 nitrogen and oxygen atoms in total. The van der Waals surface area contributed by atoms with Crippen LogP contribution in [0.1, 0.15) is 21.7 Å². The van der Waals surface area contributed by atoms with Gasteiger partial charge in [0.05, 0.1) is 23.1 Å². The van der Waals surface area contributed by atoms with E-state index in [1.54, 1.807) is 24.4 Å². The van der Waals surface area contributed by atoms with Crippen molar-refractivity contribution in [2.24, 2.45) is 0 Å². The second-order valence-electron chi connectivity index (χ2n) is 3.81. The van der Waals surface area contributed by atoms with E-state index in [0.717, 1.165) is 21.3 Å². The lowest BCUT2D eigenvalue weighted by Gasteiger charge is -2.04. The van der Waals surface area contributed by atoms with Gasteiger partial charge in [0.1, 0.15) is 5.03 Å². The molecule has 0 amide bonds. The van der Waals surface area contributed by atoms with Crippen LogP contribution in [0.25, 0.3) is 0 Å². The molecule has 0 saturated heterocycles. The molecule has 0 spiro atoms. The van der Waals surface area contributed by atoms with Gasteiger partial charge in [-0.15, -0.1) is 0 Å². The summed E-state index contributed by atoms with van der Waals surface area (Å²) in [5, 5.41) is 9.68. The van der Waals surface area contributed by atoms with E-state index in [0.29, 0.717) is 0 Å². The van der Waals surface area contributed by atoms with Crippen LogP contribution in [-0.4, -0.2) is 21.0 Å². The third kappa shape index (κ3) is 2.87. The van der Waals surface area contributed by atoms with E-state index >= 15 is 0 Å². The summed E-state index contributed by atoms with van der Waals surface area (Å²) in [6, 6.07) is 6.77. The van der Waals surface area contributed by atoms with E-state index in [2.05, 4.69) is 9.97 Å². The topological polar surface area (TPSA) is 63.1 Å². The number of rotatable bonds is 3. The molecule has 0 aliphatic carbocycles. The smallest absolute Gasteiger partial charge is 0.335 e. The Hall–Kier alpha value is -1.88. The molecule has 1 aromatic heterocycles. The highest BCUT2D eigenvalue weighted by molar-refractivity contribution is 7.99. The predicted molar refractivity (Wildman–Crippen MR) is 69.0 cm³/mol. The molecule has 1 aromatic carbocycles. The van der Waals surface area contributed by atoms with Crippen molar-refractivity contribution in [2.75, 3.05) is 0 Å². The maximum atomic E-state index is 10.9. The largest absolute Gasteiger partial charge is 0.478 e. The van der Waals surface area contributed by atoms with E-state index in [4.69, 9.17) is 5.11 Å². The maximum absolute atomic E-state index is 10.9. The minimum atomic E-state index is -0.927. The van der Waals surface area contributed by atoms with Crippen LogP contribution in [0.15, 0.2) is 40.4 Å². The normalized spacial score (nSPS) is 10.3. The molecule has 2 rings (SSSR count). The van der Waals surface area contributed by atoms with Gasteiger partial charge in [-0.3, -0.25) is 4.98 Å². The van der Waals surface area contributed by atoms with Gasteiger partial charge in [0.2, 0.25) is 0 Å². The van der Waals surface area contributed by atoms with Crippen LogP contribution in [0.2, 0.25) is 0 Å². The first-order chi connectivity index (χ1) is 8.56. The zero-order chi connectivity index (χ0) is 13.1. The Morgan fingerprint density at radius 3 is 2.72 bits per heavy atom. The van der Waals surface area contributed by atoms with Gasteiger partial charge in [0.25, 0.3) is 0 Å². The molecule has 0 aliphatic rings. The molecule has 0 atom stereocenters. The number of hydrogen-bond donors (Lipinski definition) is 1. The average Bonchev–Trinajstić information content (AvgIpc) is 2.34. The van der Waals surface area contributed by atoms with Gasteiger partial charge in [-0.2, -0.15) is 0 Å². The van der Waals surface area contributed by atoms with Crippen molar-refractivity contribution in [2.45, 2.75) is 23.8 Å². The highest BCUT2D eigenvalue weighted by atomic mass is 32.2. The number of aryl methyl sites for hydroxylation is 2. The third-order valence-corrected chi connectivity index (χ3v) is 3.37. The van der Waals surface area contributed by atoms with E-state index in [-0.39, 0.29) is 5.56 Å². The van der Waals surface area contributed by atoms with Gasteiger partial charge in [-0.1, -0.05) is 17.8 Å². The number of nitrogens with zero attached hydrogens (tertiary/aromatic N) is 2. The molecule has 0 radical (unpaired) electrons. The molecule has 5 heteroatoms. The van der Waals surface area contributed by atoms with Crippen molar-refractivity contribution in [3.8, 4) is 0 Å². The SMILES string of the molecule is Cc1ncc(Sc2cccc(C(=O)O)c2)nc1C. The van der Waals surface area contributed by atoms with Gasteiger partial charge in [0.15, 0.2) is 0 Å². The minimum Gasteiger partial charge on any atom is -0.478 e. The fourth-order valence-corrected chi connectivity index (χ4v) is 2.25. The van der Waals surface area contributed by atoms with Gasteiger partial charge in [-0.25, -0.2) is 9.78 Å². The number of carbonyl (C=O) groups is 1. The van der Waals surface area contributed by atoms with Crippen LogP contribution in [0, 0.1) is 13.8 Å². The molecular formula is C13H12N2O2S. The Balaban J connectivity index is 2.25. The van der Waals surface area contributed by atoms with E-state index < -0.39 is 5.97 Å². The summed E-state index contributed by atoms with van der Waals surface area (Å²) in [6.07, 6.45) is 1.69. The summed E-state index contributed by atoms with van der Waals surface area (Å²) in [5.74, 6) is -0.927. The van der Waals surface area contributed by atoms with Gasteiger partial charge < -0.3 is 5.11 Å². The van der Waals surface area contributed by atoms with Crippen LogP contribution < -0.4 is 0 Å². The number of aromatic carboxylic acids is 1. The molecule has 1 N–H and O–H groups in total. The van der Waals surface area contributed by atoms with Crippen LogP contribution >= 0.6 is 11.8 Å². The maximum Gasteiger partial charge on any atom is 0.335 e. The average molecular weight is 260 g/mol. The van der Waals surface area contributed by atoms with Crippen molar-refractivity contribution in [1.29, 1.82) is 0 Å². The molecule has 92 valence electrons. The van der Waals surface area contributed by atoms with Crippen molar-refractivity contribution in [3.63, 3.8) is 0 Å². The number of carboxylic acids is 1. The van der Waals surface area contributed by atoms with E-state index in [9.17, 15) is 4.79 Å². The Kier molecular flexibility index (Phi) is 3.62. The van der Waals surface area contributed by atoms with Crippen molar-refractivity contribution in [1.82, 2.24) is 9.97 Å². The molecule has 18 heavy (non-hydrogen) atoms. The quantitative estimate of drug-likeness (QED) is 0.919. The summed E-state index contributed by atoms with van der Waals surface area (Å²) in [4.78, 5) is 20.3. The van der Waals surface area contributed by atoms with Gasteiger partial charge >= 0.3 is 5.97 Å². The first-order valence-electron chi connectivity index (χ1n) is 5.38. The number of benzene rings is 1. The van der Waals surface area contributed by atoms with E-state index in [1.807, 2.05) is 19.9 Å². The molecule has 0 bridgehead atoms. The molecular weight excluding hydrogens is 248 g/mol. The van der Waals surface area contributed by atoms with Crippen LogP contribution in [0.3, 0.4) is 0 Å². The zero-order valence-corrected chi connectivity index (χ0v) is 10.9. The second kappa shape index (κ2) is 5.18. The summed E-state index contributed by atoms with van der Waals surface area (Å²) in [5.41, 5.74) is 2.06. The van der Waals surface area contributed by atoms with Gasteiger partial charge in [0, 0.05) is 4.90 Å². The first kappa shape index (κ1) is 12.6. The number of hydrogen-bond acceptors (Lipinski definition) is 4. The Morgan fingerprint density at radius 2 is 2.06 bits per heavy atom. The van der Waals surface area contributed by atoms with Crippen molar-refractivity contribution in [3.05, 3.63) is 47.4 Å². The molecule has 0 aliphatic heterocycles. The fraction of sp³-hybridized carbons (Fsp3) is 0.154. The minimum absolute atomic E-state index is 0.275. The molecule has 0 fully saturated rings. The third-order valence-electron chi connectivity index (χ3n) is 2.47.